The molecule has 1 aromatic heterocycles. The summed E-state index contributed by atoms with van der Waals surface area (Å²) in [6, 6.07) is 0.493. The van der Waals surface area contributed by atoms with Gasteiger partial charge in [-0.05, 0) is 46.6 Å². The van der Waals surface area contributed by atoms with E-state index in [4.69, 9.17) is 0 Å². The first-order valence-corrected chi connectivity index (χ1v) is 6.92. The number of hydrogen-bond acceptors (Lipinski definition) is 4. The Morgan fingerprint density at radius 2 is 2.22 bits per heavy atom. The predicted octanol–water partition coefficient (Wildman–Crippen LogP) is 1.34. The van der Waals surface area contributed by atoms with Gasteiger partial charge in [-0.15, -0.1) is 10.2 Å². The summed E-state index contributed by atoms with van der Waals surface area (Å²) in [7, 11) is 0. The van der Waals surface area contributed by atoms with Crippen molar-refractivity contribution in [3.05, 3.63) is 11.6 Å². The van der Waals surface area contributed by atoms with Gasteiger partial charge in [0.1, 0.15) is 11.6 Å². The van der Waals surface area contributed by atoms with Crippen molar-refractivity contribution in [1.29, 1.82) is 0 Å². The van der Waals surface area contributed by atoms with Crippen molar-refractivity contribution in [2.24, 2.45) is 0 Å². The zero-order valence-corrected chi connectivity index (χ0v) is 11.6. The van der Waals surface area contributed by atoms with E-state index in [-0.39, 0.29) is 6.10 Å². The Labute approximate surface area is 109 Å². The normalized spacial score (nSPS) is 22.6. The highest BCUT2D eigenvalue weighted by Gasteiger charge is 2.27. The highest BCUT2D eigenvalue weighted by Crippen LogP contribution is 2.23. The van der Waals surface area contributed by atoms with Gasteiger partial charge >= 0.3 is 0 Å². The van der Waals surface area contributed by atoms with E-state index < -0.39 is 0 Å². The van der Waals surface area contributed by atoms with Gasteiger partial charge in [0.15, 0.2) is 0 Å². The third kappa shape index (κ3) is 2.90. The third-order valence-electron chi connectivity index (χ3n) is 3.79. The summed E-state index contributed by atoms with van der Waals surface area (Å²) in [5, 5.41) is 18.0. The number of likely N-dealkylation sites (tertiary alicyclic amines) is 1. The molecular formula is C13H24N4O. The average Bonchev–Trinajstić information content (AvgIpc) is 2.87. The third-order valence-corrected chi connectivity index (χ3v) is 3.79. The predicted molar refractivity (Wildman–Crippen MR) is 70.2 cm³/mol. The van der Waals surface area contributed by atoms with Gasteiger partial charge in [-0.25, -0.2) is 0 Å². The largest absolute Gasteiger partial charge is 0.393 e. The van der Waals surface area contributed by atoms with Gasteiger partial charge < -0.3 is 9.67 Å². The van der Waals surface area contributed by atoms with E-state index in [9.17, 15) is 5.11 Å². The van der Waals surface area contributed by atoms with E-state index in [1.54, 1.807) is 0 Å². The molecule has 102 valence electrons. The first-order valence-electron chi connectivity index (χ1n) is 6.92. The van der Waals surface area contributed by atoms with Crippen LogP contribution in [0.25, 0.3) is 0 Å². The lowest BCUT2D eigenvalue weighted by Crippen LogP contribution is -2.32. The van der Waals surface area contributed by atoms with Gasteiger partial charge in [0.2, 0.25) is 0 Å². The molecule has 0 spiro atoms. The summed E-state index contributed by atoms with van der Waals surface area (Å²) in [5.41, 5.74) is 0. The van der Waals surface area contributed by atoms with Gasteiger partial charge in [0, 0.05) is 12.6 Å². The van der Waals surface area contributed by atoms with Crippen molar-refractivity contribution in [1.82, 2.24) is 19.7 Å². The molecule has 5 nitrogen and oxygen atoms in total. The highest BCUT2D eigenvalue weighted by molar-refractivity contribution is 4.95. The van der Waals surface area contributed by atoms with E-state index in [1.807, 2.05) is 13.8 Å². The summed E-state index contributed by atoms with van der Waals surface area (Å²) < 4.78 is 2.16. The van der Waals surface area contributed by atoms with E-state index in [0.717, 1.165) is 37.7 Å². The number of hydrogen-bond donors (Lipinski definition) is 1. The second kappa shape index (κ2) is 5.80. The van der Waals surface area contributed by atoms with Crippen LogP contribution >= 0.6 is 0 Å². The van der Waals surface area contributed by atoms with Crippen molar-refractivity contribution >= 4 is 0 Å². The summed E-state index contributed by atoms with van der Waals surface area (Å²) in [5.74, 6) is 2.03. The number of rotatable bonds is 5. The summed E-state index contributed by atoms with van der Waals surface area (Å²) in [4.78, 5) is 2.43. The summed E-state index contributed by atoms with van der Waals surface area (Å²) in [6.45, 7) is 8.87. The van der Waals surface area contributed by atoms with Gasteiger partial charge in [0.25, 0.3) is 0 Å². The van der Waals surface area contributed by atoms with Gasteiger partial charge in [-0.3, -0.25) is 4.90 Å². The van der Waals surface area contributed by atoms with Crippen LogP contribution in [0.2, 0.25) is 0 Å². The van der Waals surface area contributed by atoms with Crippen molar-refractivity contribution in [2.75, 3.05) is 6.54 Å². The van der Waals surface area contributed by atoms with Gasteiger partial charge in [-0.1, -0.05) is 0 Å². The Bertz CT molecular complexity index is 388. The molecule has 1 fully saturated rings. The van der Waals surface area contributed by atoms with Crippen molar-refractivity contribution in [3.63, 3.8) is 0 Å². The molecule has 0 amide bonds. The molecule has 0 radical (unpaired) electrons. The molecule has 18 heavy (non-hydrogen) atoms. The van der Waals surface area contributed by atoms with Crippen LogP contribution in [0.5, 0.6) is 0 Å². The first-order chi connectivity index (χ1) is 8.61. The van der Waals surface area contributed by atoms with Crippen LogP contribution < -0.4 is 0 Å². The molecule has 1 aliphatic rings. The first kappa shape index (κ1) is 13.5. The molecule has 0 saturated carbocycles. The van der Waals surface area contributed by atoms with Crippen molar-refractivity contribution in [2.45, 2.75) is 65.3 Å². The molecule has 0 aliphatic carbocycles. The highest BCUT2D eigenvalue weighted by atomic mass is 16.3. The van der Waals surface area contributed by atoms with Crippen LogP contribution in [-0.4, -0.2) is 43.5 Å². The Hall–Kier alpha value is -0.940. The fourth-order valence-corrected chi connectivity index (χ4v) is 2.90. The zero-order valence-electron chi connectivity index (χ0n) is 11.6. The number of aliphatic hydroxyl groups excluding tert-OH is 1. The maximum atomic E-state index is 9.54. The van der Waals surface area contributed by atoms with Crippen LogP contribution in [0.1, 0.15) is 44.8 Å². The molecule has 2 unspecified atom stereocenters. The SMILES string of the molecule is CCn1c(C)nnc1CN1CCCC1CC(C)O. The number of aromatic nitrogens is 3. The molecule has 1 N–H and O–H groups in total. The topological polar surface area (TPSA) is 54.2 Å². The van der Waals surface area contributed by atoms with Crippen LogP contribution in [-0.2, 0) is 13.1 Å². The quantitative estimate of drug-likeness (QED) is 0.859. The standard InChI is InChI=1S/C13H24N4O/c1-4-17-11(3)14-15-13(17)9-16-7-5-6-12(16)8-10(2)18/h10,12,18H,4-9H2,1-3H3. The number of aliphatic hydroxyl groups is 1. The van der Waals surface area contributed by atoms with Crippen molar-refractivity contribution in [3.8, 4) is 0 Å². The Morgan fingerprint density at radius 3 is 2.89 bits per heavy atom. The molecule has 2 atom stereocenters. The maximum absolute atomic E-state index is 9.54. The molecule has 0 bridgehead atoms. The molecular weight excluding hydrogens is 228 g/mol. The van der Waals surface area contributed by atoms with Gasteiger partial charge in [0.05, 0.1) is 12.6 Å². The second-order valence-corrected chi connectivity index (χ2v) is 5.26. The maximum Gasteiger partial charge on any atom is 0.147 e. The van der Waals surface area contributed by atoms with Crippen LogP contribution in [0.3, 0.4) is 0 Å². The molecule has 0 aromatic carbocycles. The Kier molecular flexibility index (Phi) is 4.35. The minimum absolute atomic E-state index is 0.221. The van der Waals surface area contributed by atoms with Crippen molar-refractivity contribution < 1.29 is 5.11 Å². The van der Waals surface area contributed by atoms with Crippen LogP contribution in [0.4, 0.5) is 0 Å². The second-order valence-electron chi connectivity index (χ2n) is 5.26. The molecule has 2 rings (SSSR count). The van der Waals surface area contributed by atoms with Crippen LogP contribution in [0, 0.1) is 6.92 Å². The number of nitrogens with zero attached hydrogens (tertiary/aromatic N) is 4. The fourth-order valence-electron chi connectivity index (χ4n) is 2.90. The Balaban J connectivity index is 2.03. The van der Waals surface area contributed by atoms with E-state index >= 15 is 0 Å². The lowest BCUT2D eigenvalue weighted by molar-refractivity contribution is 0.128. The molecule has 5 heteroatoms. The minimum atomic E-state index is -0.221. The molecule has 1 aliphatic heterocycles. The molecule has 2 heterocycles. The smallest absolute Gasteiger partial charge is 0.147 e. The van der Waals surface area contributed by atoms with Gasteiger partial charge in [-0.2, -0.15) is 0 Å². The van der Waals surface area contributed by atoms with E-state index in [1.165, 1.54) is 12.8 Å². The van der Waals surface area contributed by atoms with E-state index in [0.29, 0.717) is 6.04 Å². The number of aryl methyl sites for hydroxylation is 1. The minimum Gasteiger partial charge on any atom is -0.393 e. The summed E-state index contributed by atoms with van der Waals surface area (Å²) in [6.07, 6.45) is 3.04. The molecule has 1 aromatic rings. The van der Waals surface area contributed by atoms with E-state index in [2.05, 4.69) is 26.6 Å². The van der Waals surface area contributed by atoms with Crippen LogP contribution in [0.15, 0.2) is 0 Å². The fraction of sp³-hybridized carbons (Fsp3) is 0.846. The lowest BCUT2D eigenvalue weighted by atomic mass is 10.1. The average molecular weight is 252 g/mol. The lowest BCUT2D eigenvalue weighted by Gasteiger charge is -2.25. The summed E-state index contributed by atoms with van der Waals surface area (Å²) >= 11 is 0. The zero-order chi connectivity index (χ0) is 13.1. The monoisotopic (exact) mass is 252 g/mol. The molecule has 1 saturated heterocycles. The Morgan fingerprint density at radius 1 is 1.44 bits per heavy atom.